The molecular formula is C7H10Cl2O4. The van der Waals surface area contributed by atoms with Gasteiger partial charge in [0, 0.05) is 11.1 Å². The molecule has 76 valence electrons. The predicted molar refractivity (Wildman–Crippen MR) is 50.2 cm³/mol. The van der Waals surface area contributed by atoms with Crippen LogP contribution in [0.3, 0.4) is 0 Å². The van der Waals surface area contributed by atoms with E-state index in [0.717, 1.165) is 6.08 Å². The first kappa shape index (κ1) is 14.8. The van der Waals surface area contributed by atoms with E-state index in [1.807, 2.05) is 0 Å². The molecule has 0 bridgehead atoms. The van der Waals surface area contributed by atoms with Crippen LogP contribution >= 0.6 is 23.2 Å². The zero-order valence-electron chi connectivity index (χ0n) is 6.96. The summed E-state index contributed by atoms with van der Waals surface area (Å²) < 4.78 is 0. The van der Waals surface area contributed by atoms with Gasteiger partial charge in [0.25, 0.3) is 0 Å². The Balaban J connectivity index is 0. The highest BCUT2D eigenvalue weighted by Gasteiger charge is 1.90. The minimum Gasteiger partial charge on any atom is -0.480 e. The molecule has 13 heavy (non-hydrogen) atoms. The highest BCUT2D eigenvalue weighted by Crippen LogP contribution is 2.03. The Morgan fingerprint density at radius 3 is 1.85 bits per heavy atom. The molecular weight excluding hydrogens is 219 g/mol. The summed E-state index contributed by atoms with van der Waals surface area (Å²) in [5.41, 5.74) is 0. The van der Waals surface area contributed by atoms with E-state index >= 15 is 0 Å². The lowest BCUT2D eigenvalue weighted by Gasteiger charge is -1.84. The number of aliphatic carboxylic acids is 2. The highest BCUT2D eigenvalue weighted by atomic mass is 35.5. The molecule has 0 heterocycles. The van der Waals surface area contributed by atoms with Crippen LogP contribution in [-0.4, -0.2) is 28.0 Å². The minimum absolute atomic E-state index is 0.306. The van der Waals surface area contributed by atoms with Crippen molar-refractivity contribution < 1.29 is 19.8 Å². The summed E-state index contributed by atoms with van der Waals surface area (Å²) in [4.78, 5) is 19.0. The number of hydrogen-bond acceptors (Lipinski definition) is 2. The maximum atomic E-state index is 9.81. The highest BCUT2D eigenvalue weighted by molar-refractivity contribution is 6.30. The average molecular weight is 229 g/mol. The number of carboxylic acid groups (broad SMARTS) is 2. The van der Waals surface area contributed by atoms with Gasteiger partial charge in [-0.3, -0.25) is 4.79 Å². The van der Waals surface area contributed by atoms with Gasteiger partial charge in [-0.2, -0.15) is 0 Å². The first-order chi connectivity index (χ1) is 5.93. The fraction of sp³-hybridized carbons (Fsp3) is 0.429. The van der Waals surface area contributed by atoms with Gasteiger partial charge in [0.15, 0.2) is 0 Å². The Morgan fingerprint density at radius 2 is 1.77 bits per heavy atom. The summed E-state index contributed by atoms with van der Waals surface area (Å²) in [5, 5.41) is 16.0. The maximum absolute atomic E-state index is 9.81. The molecule has 6 heteroatoms. The SMILES string of the molecule is CC/C(Cl)=C/C(=O)O.O=C(O)CCl. The molecule has 0 radical (unpaired) electrons. The zero-order valence-corrected chi connectivity index (χ0v) is 8.47. The number of carbonyl (C=O) groups is 2. The molecule has 2 N–H and O–H groups in total. The van der Waals surface area contributed by atoms with Crippen LogP contribution in [0, 0.1) is 0 Å². The molecule has 0 aromatic rings. The molecule has 0 unspecified atom stereocenters. The summed E-state index contributed by atoms with van der Waals surface area (Å²) in [6, 6.07) is 0. The molecule has 0 aliphatic heterocycles. The maximum Gasteiger partial charge on any atom is 0.329 e. The van der Waals surface area contributed by atoms with Crippen LogP contribution in [0.15, 0.2) is 11.1 Å². The predicted octanol–water partition coefficient (Wildman–Crippen LogP) is 1.91. The number of halogens is 2. The van der Waals surface area contributed by atoms with E-state index in [1.54, 1.807) is 6.92 Å². The third-order valence-electron chi connectivity index (χ3n) is 0.732. The van der Waals surface area contributed by atoms with Crippen LogP contribution in [0.5, 0.6) is 0 Å². The van der Waals surface area contributed by atoms with E-state index in [4.69, 9.17) is 33.4 Å². The van der Waals surface area contributed by atoms with Gasteiger partial charge < -0.3 is 10.2 Å². The van der Waals surface area contributed by atoms with Crippen molar-refractivity contribution in [3.05, 3.63) is 11.1 Å². The van der Waals surface area contributed by atoms with Crippen molar-refractivity contribution in [3.8, 4) is 0 Å². The van der Waals surface area contributed by atoms with Crippen molar-refractivity contribution in [2.45, 2.75) is 13.3 Å². The molecule has 0 spiro atoms. The van der Waals surface area contributed by atoms with Gasteiger partial charge in [-0.15, -0.1) is 11.6 Å². The molecule has 0 atom stereocenters. The normalized spacial score (nSPS) is 9.92. The Hall–Kier alpha value is -0.740. The van der Waals surface area contributed by atoms with Crippen molar-refractivity contribution >= 4 is 35.1 Å². The van der Waals surface area contributed by atoms with E-state index in [9.17, 15) is 9.59 Å². The minimum atomic E-state index is -0.989. The topological polar surface area (TPSA) is 74.6 Å². The number of alkyl halides is 1. The van der Waals surface area contributed by atoms with E-state index in [1.165, 1.54) is 0 Å². The monoisotopic (exact) mass is 228 g/mol. The van der Waals surface area contributed by atoms with Crippen molar-refractivity contribution in [1.82, 2.24) is 0 Å². The van der Waals surface area contributed by atoms with Gasteiger partial charge in [-0.1, -0.05) is 18.5 Å². The lowest BCUT2D eigenvalue weighted by molar-refractivity contribution is -0.134. The number of rotatable bonds is 3. The molecule has 0 saturated carbocycles. The van der Waals surface area contributed by atoms with Gasteiger partial charge in [0.2, 0.25) is 0 Å². The fourth-order valence-corrected chi connectivity index (χ4v) is 0.329. The standard InChI is InChI=1S/C5H7ClO2.C2H3ClO2/c1-2-4(6)3-5(7)8;3-1-2(4)5/h3H,2H2,1H3,(H,7,8);1H2,(H,4,5)/b4-3-;. The van der Waals surface area contributed by atoms with Crippen LogP contribution in [0.1, 0.15) is 13.3 Å². The average Bonchev–Trinajstić information content (AvgIpc) is 2.04. The smallest absolute Gasteiger partial charge is 0.329 e. The van der Waals surface area contributed by atoms with Crippen molar-refractivity contribution in [2.75, 3.05) is 5.88 Å². The van der Waals surface area contributed by atoms with Crippen LogP contribution in [0.2, 0.25) is 0 Å². The molecule has 4 nitrogen and oxygen atoms in total. The first-order valence-electron chi connectivity index (χ1n) is 3.30. The Morgan fingerprint density at radius 1 is 1.38 bits per heavy atom. The second-order valence-corrected chi connectivity index (χ2v) is 2.56. The number of carboxylic acids is 2. The Labute approximate surface area is 85.8 Å². The molecule has 0 aliphatic carbocycles. The van der Waals surface area contributed by atoms with Crippen molar-refractivity contribution in [1.29, 1.82) is 0 Å². The summed E-state index contributed by atoms with van der Waals surface area (Å²) in [7, 11) is 0. The summed E-state index contributed by atoms with van der Waals surface area (Å²) in [5.74, 6) is -2.27. The van der Waals surface area contributed by atoms with Gasteiger partial charge in [-0.05, 0) is 6.42 Å². The Bertz CT molecular complexity index is 201. The third kappa shape index (κ3) is 18.3. The molecule has 0 aliphatic rings. The van der Waals surface area contributed by atoms with Crippen LogP contribution in [-0.2, 0) is 9.59 Å². The van der Waals surface area contributed by atoms with Crippen LogP contribution in [0.4, 0.5) is 0 Å². The molecule has 0 amide bonds. The van der Waals surface area contributed by atoms with Crippen molar-refractivity contribution in [2.24, 2.45) is 0 Å². The summed E-state index contributed by atoms with van der Waals surface area (Å²) >= 11 is 10.1. The van der Waals surface area contributed by atoms with Gasteiger partial charge in [0.1, 0.15) is 5.88 Å². The molecule has 0 rings (SSSR count). The fourth-order valence-electron chi connectivity index (χ4n) is 0.236. The number of hydrogen-bond donors (Lipinski definition) is 2. The van der Waals surface area contributed by atoms with Crippen LogP contribution in [0.25, 0.3) is 0 Å². The van der Waals surface area contributed by atoms with Gasteiger partial charge in [-0.25, -0.2) is 4.79 Å². The zero-order chi connectivity index (χ0) is 10.9. The van der Waals surface area contributed by atoms with E-state index < -0.39 is 11.9 Å². The summed E-state index contributed by atoms with van der Waals surface area (Å²) in [6.45, 7) is 1.79. The lowest BCUT2D eigenvalue weighted by Crippen LogP contribution is -1.92. The summed E-state index contributed by atoms with van der Waals surface area (Å²) in [6.07, 6.45) is 1.56. The van der Waals surface area contributed by atoms with E-state index in [2.05, 4.69) is 0 Å². The van der Waals surface area contributed by atoms with Gasteiger partial charge in [0.05, 0.1) is 0 Å². The molecule has 0 saturated heterocycles. The molecule has 0 aromatic heterocycles. The van der Waals surface area contributed by atoms with Crippen molar-refractivity contribution in [3.63, 3.8) is 0 Å². The second kappa shape index (κ2) is 9.35. The largest absolute Gasteiger partial charge is 0.480 e. The first-order valence-corrected chi connectivity index (χ1v) is 4.22. The molecule has 0 aromatic carbocycles. The quantitative estimate of drug-likeness (QED) is 0.572. The van der Waals surface area contributed by atoms with E-state index in [-0.39, 0.29) is 5.88 Å². The third-order valence-corrected chi connectivity index (χ3v) is 1.34. The lowest BCUT2D eigenvalue weighted by atomic mass is 10.4. The molecule has 0 fully saturated rings. The van der Waals surface area contributed by atoms with E-state index in [0.29, 0.717) is 11.5 Å². The Kier molecular flexibility index (Phi) is 10.6. The second-order valence-electron chi connectivity index (χ2n) is 1.81. The van der Waals surface area contributed by atoms with Crippen LogP contribution < -0.4 is 0 Å². The van der Waals surface area contributed by atoms with Gasteiger partial charge >= 0.3 is 11.9 Å². The number of allylic oxidation sites excluding steroid dienone is 1.